The first kappa shape index (κ1) is 30.2. The minimum absolute atomic E-state index is 0.222. The molecule has 42 heavy (non-hydrogen) atoms. The standard InChI is InChI=1S/C33H34FN5O3/c1-4-42-31-18-28-27(17-29(31)37-32(40)14-9-15-39(2)3)33(25(19-35)20-36-28)38-30(24-11-6-5-7-12-24)22-41-21-23-10-8-13-26(34)16-23/h5-14,16-18,20,30H,4,15,21-22H2,1-3H3,(H,36,38)(H,37,40)/b14-9+/t30-/m1/s1. The Morgan fingerprint density at radius 3 is 2.67 bits per heavy atom. The molecule has 0 radical (unpaired) electrons. The highest BCUT2D eigenvalue weighted by atomic mass is 19.1. The Labute approximate surface area is 245 Å². The van der Waals surface area contributed by atoms with Crippen molar-refractivity contribution in [1.82, 2.24) is 9.88 Å². The van der Waals surface area contributed by atoms with Crippen LogP contribution in [0.4, 0.5) is 15.8 Å². The average molecular weight is 568 g/mol. The summed E-state index contributed by atoms with van der Waals surface area (Å²) in [5.74, 6) is -0.150. The molecule has 216 valence electrons. The number of amides is 1. The van der Waals surface area contributed by atoms with Crippen LogP contribution >= 0.6 is 0 Å². The van der Waals surface area contributed by atoms with Crippen LogP contribution in [-0.2, 0) is 16.1 Å². The summed E-state index contributed by atoms with van der Waals surface area (Å²) in [5.41, 5.74) is 3.60. The first-order valence-electron chi connectivity index (χ1n) is 13.6. The first-order chi connectivity index (χ1) is 20.4. The van der Waals surface area contributed by atoms with Crippen LogP contribution in [0.1, 0.15) is 29.7 Å². The van der Waals surface area contributed by atoms with Crippen molar-refractivity contribution in [1.29, 1.82) is 5.26 Å². The van der Waals surface area contributed by atoms with Gasteiger partial charge in [-0.1, -0.05) is 48.5 Å². The van der Waals surface area contributed by atoms with Gasteiger partial charge in [0.25, 0.3) is 0 Å². The summed E-state index contributed by atoms with van der Waals surface area (Å²) < 4.78 is 25.5. The third kappa shape index (κ3) is 8.13. The van der Waals surface area contributed by atoms with Crippen LogP contribution in [0, 0.1) is 17.1 Å². The second-order valence-corrected chi connectivity index (χ2v) is 9.86. The van der Waals surface area contributed by atoms with Crippen LogP contribution in [0.15, 0.2) is 85.1 Å². The highest BCUT2D eigenvalue weighted by Gasteiger charge is 2.19. The summed E-state index contributed by atoms with van der Waals surface area (Å²) in [6, 6.07) is 21.4. The molecule has 0 fully saturated rings. The zero-order chi connectivity index (χ0) is 29.9. The number of nitriles is 1. The average Bonchev–Trinajstić information content (AvgIpc) is 2.97. The smallest absolute Gasteiger partial charge is 0.248 e. The Bertz CT molecular complexity index is 1580. The fourth-order valence-electron chi connectivity index (χ4n) is 4.38. The molecule has 0 aliphatic heterocycles. The molecule has 1 heterocycles. The maximum absolute atomic E-state index is 13.7. The lowest BCUT2D eigenvalue weighted by atomic mass is 10.0. The van der Waals surface area contributed by atoms with E-state index in [9.17, 15) is 14.4 Å². The van der Waals surface area contributed by atoms with Crippen molar-refractivity contribution in [2.75, 3.05) is 44.5 Å². The molecule has 8 nitrogen and oxygen atoms in total. The Hall–Kier alpha value is -4.78. The Balaban J connectivity index is 1.69. The van der Waals surface area contributed by atoms with Crippen molar-refractivity contribution in [3.63, 3.8) is 0 Å². The Morgan fingerprint density at radius 1 is 1.14 bits per heavy atom. The predicted octanol–water partition coefficient (Wildman–Crippen LogP) is 6.07. The number of benzene rings is 3. The lowest BCUT2D eigenvalue weighted by Gasteiger charge is -2.23. The third-order valence-electron chi connectivity index (χ3n) is 6.35. The molecule has 0 aliphatic rings. The molecule has 2 N–H and O–H groups in total. The molecule has 1 atom stereocenters. The topological polar surface area (TPSA) is 99.5 Å². The number of nitrogens with one attached hydrogen (secondary N) is 2. The largest absolute Gasteiger partial charge is 0.492 e. The van der Waals surface area contributed by atoms with E-state index < -0.39 is 0 Å². The van der Waals surface area contributed by atoms with Crippen LogP contribution in [0.5, 0.6) is 5.75 Å². The van der Waals surface area contributed by atoms with Gasteiger partial charge in [-0.3, -0.25) is 9.78 Å². The van der Waals surface area contributed by atoms with E-state index in [1.165, 1.54) is 24.4 Å². The molecular formula is C33H34FN5O3. The van der Waals surface area contributed by atoms with E-state index >= 15 is 0 Å². The van der Waals surface area contributed by atoms with Crippen LogP contribution < -0.4 is 15.4 Å². The summed E-state index contributed by atoms with van der Waals surface area (Å²) in [5, 5.41) is 17.0. The lowest BCUT2D eigenvalue weighted by molar-refractivity contribution is -0.111. The van der Waals surface area contributed by atoms with E-state index in [4.69, 9.17) is 9.47 Å². The number of pyridine rings is 1. The number of hydrogen-bond donors (Lipinski definition) is 2. The van der Waals surface area contributed by atoms with Gasteiger partial charge >= 0.3 is 0 Å². The number of anilines is 2. The van der Waals surface area contributed by atoms with Gasteiger partial charge < -0.3 is 25.0 Å². The molecule has 0 bridgehead atoms. The number of hydrogen-bond acceptors (Lipinski definition) is 7. The quantitative estimate of drug-likeness (QED) is 0.189. The van der Waals surface area contributed by atoms with E-state index in [1.54, 1.807) is 30.3 Å². The number of halogens is 1. The molecule has 0 spiro atoms. The molecule has 0 saturated carbocycles. The van der Waals surface area contributed by atoms with Gasteiger partial charge in [-0.05, 0) is 50.3 Å². The zero-order valence-corrected chi connectivity index (χ0v) is 23.9. The van der Waals surface area contributed by atoms with Gasteiger partial charge in [-0.2, -0.15) is 5.26 Å². The van der Waals surface area contributed by atoms with Gasteiger partial charge in [-0.25, -0.2) is 4.39 Å². The maximum atomic E-state index is 13.7. The number of nitrogens with zero attached hydrogens (tertiary/aromatic N) is 3. The third-order valence-corrected chi connectivity index (χ3v) is 6.35. The number of ether oxygens (including phenoxy) is 2. The normalized spacial score (nSPS) is 11.9. The molecule has 0 aliphatic carbocycles. The molecule has 4 aromatic rings. The van der Waals surface area contributed by atoms with Crippen molar-refractivity contribution in [3.05, 3.63) is 108 Å². The molecule has 0 unspecified atom stereocenters. The number of carbonyl (C=O) groups excluding carboxylic acids is 1. The van der Waals surface area contributed by atoms with Crippen molar-refractivity contribution < 1.29 is 18.7 Å². The summed E-state index contributed by atoms with van der Waals surface area (Å²) in [6.07, 6.45) is 4.76. The SMILES string of the molecule is CCOc1cc2ncc(C#N)c(N[C@H](COCc3cccc(F)c3)c3ccccc3)c2cc1NC(=O)/C=C/CN(C)C. The Kier molecular flexibility index (Phi) is 10.6. The van der Waals surface area contributed by atoms with Gasteiger partial charge in [-0.15, -0.1) is 0 Å². The van der Waals surface area contributed by atoms with Crippen molar-refractivity contribution in [3.8, 4) is 11.8 Å². The Morgan fingerprint density at radius 2 is 1.95 bits per heavy atom. The minimum atomic E-state index is -0.351. The van der Waals surface area contributed by atoms with Crippen molar-refractivity contribution in [2.45, 2.75) is 19.6 Å². The molecule has 3 aromatic carbocycles. The second-order valence-electron chi connectivity index (χ2n) is 9.86. The molecule has 1 amide bonds. The first-order valence-corrected chi connectivity index (χ1v) is 13.6. The molecule has 1 aromatic heterocycles. The highest BCUT2D eigenvalue weighted by molar-refractivity contribution is 6.04. The van der Waals surface area contributed by atoms with E-state index in [0.717, 1.165) is 11.1 Å². The predicted molar refractivity (Wildman–Crippen MR) is 163 cm³/mol. The van der Waals surface area contributed by atoms with Gasteiger partial charge in [0.15, 0.2) is 0 Å². The monoisotopic (exact) mass is 567 g/mol. The number of likely N-dealkylation sites (N-methyl/N-ethyl adjacent to an activating group) is 1. The maximum Gasteiger partial charge on any atom is 0.248 e. The van der Waals surface area contributed by atoms with E-state index in [0.29, 0.717) is 46.7 Å². The summed E-state index contributed by atoms with van der Waals surface area (Å²) in [4.78, 5) is 19.2. The molecular weight excluding hydrogens is 533 g/mol. The number of fused-ring (bicyclic) bond motifs is 1. The van der Waals surface area contributed by atoms with Crippen LogP contribution in [0.3, 0.4) is 0 Å². The molecule has 4 rings (SSSR count). The van der Waals surface area contributed by atoms with E-state index in [2.05, 4.69) is 21.7 Å². The van der Waals surface area contributed by atoms with Crippen LogP contribution in [-0.4, -0.2) is 49.6 Å². The summed E-state index contributed by atoms with van der Waals surface area (Å²) >= 11 is 0. The highest BCUT2D eigenvalue weighted by Crippen LogP contribution is 2.36. The van der Waals surface area contributed by atoms with Crippen LogP contribution in [0.25, 0.3) is 10.9 Å². The van der Waals surface area contributed by atoms with Gasteiger partial charge in [0.2, 0.25) is 5.91 Å². The number of rotatable bonds is 13. The van der Waals surface area contributed by atoms with Gasteiger partial charge in [0, 0.05) is 30.3 Å². The van der Waals surface area contributed by atoms with Crippen molar-refractivity contribution in [2.24, 2.45) is 0 Å². The molecule has 0 saturated heterocycles. The van der Waals surface area contributed by atoms with E-state index in [1.807, 2.05) is 56.3 Å². The molecule has 9 heteroatoms. The van der Waals surface area contributed by atoms with Gasteiger partial charge in [0.1, 0.15) is 17.6 Å². The zero-order valence-electron chi connectivity index (χ0n) is 23.9. The summed E-state index contributed by atoms with van der Waals surface area (Å²) in [6.45, 7) is 3.34. The minimum Gasteiger partial charge on any atom is -0.492 e. The van der Waals surface area contributed by atoms with Crippen LogP contribution in [0.2, 0.25) is 0 Å². The lowest BCUT2D eigenvalue weighted by Crippen LogP contribution is -2.18. The fourth-order valence-corrected chi connectivity index (χ4v) is 4.38. The number of carbonyl (C=O) groups is 1. The summed E-state index contributed by atoms with van der Waals surface area (Å²) in [7, 11) is 3.84. The van der Waals surface area contributed by atoms with Crippen molar-refractivity contribution >= 4 is 28.2 Å². The van der Waals surface area contributed by atoms with Gasteiger partial charge in [0.05, 0.1) is 48.3 Å². The fraction of sp³-hybridized carbons (Fsp3) is 0.242. The number of aromatic nitrogens is 1. The van der Waals surface area contributed by atoms with E-state index in [-0.39, 0.29) is 31.0 Å². The second kappa shape index (κ2) is 14.7.